The van der Waals surface area contributed by atoms with Crippen molar-refractivity contribution < 1.29 is 4.79 Å². The zero-order valence-electron chi connectivity index (χ0n) is 18.7. The highest BCUT2D eigenvalue weighted by atomic mass is 32.2. The summed E-state index contributed by atoms with van der Waals surface area (Å²) in [5.74, 6) is 0.294. The highest BCUT2D eigenvalue weighted by Gasteiger charge is 2.32. The fourth-order valence-electron chi connectivity index (χ4n) is 3.62. The summed E-state index contributed by atoms with van der Waals surface area (Å²) in [7, 11) is 0. The van der Waals surface area contributed by atoms with Crippen molar-refractivity contribution in [3.63, 3.8) is 0 Å². The third kappa shape index (κ3) is 5.48. The molecule has 0 saturated carbocycles. The molecule has 32 heavy (non-hydrogen) atoms. The number of aromatic nitrogens is 2. The van der Waals surface area contributed by atoms with E-state index in [4.69, 9.17) is 12.2 Å². The van der Waals surface area contributed by atoms with Crippen LogP contribution in [0.5, 0.6) is 0 Å². The van der Waals surface area contributed by atoms with Gasteiger partial charge in [-0.1, -0.05) is 75.1 Å². The lowest BCUT2D eigenvalue weighted by Gasteiger charge is -2.14. The molecule has 3 rings (SSSR count). The molecule has 0 aromatic carbocycles. The molecule has 8 heteroatoms. The standard InChI is InChI=1S/C24H30N4O2S2/c1-4-6-7-8-9-10-14-28-23(30)19(32-24(28)31)16-18-20(25-13-5-2)26-21-17(3)12-11-15-27(21)22(18)29/h5,11-12,15-16,25H,2,4,6-10,13-14H2,1,3H3/b19-16+. The van der Waals surface area contributed by atoms with E-state index in [2.05, 4.69) is 23.8 Å². The van der Waals surface area contributed by atoms with Crippen molar-refractivity contribution in [1.82, 2.24) is 14.3 Å². The molecule has 2 aromatic heterocycles. The van der Waals surface area contributed by atoms with Gasteiger partial charge in [0.2, 0.25) is 0 Å². The number of nitrogens with zero attached hydrogens (tertiary/aromatic N) is 3. The van der Waals surface area contributed by atoms with Crippen LogP contribution >= 0.6 is 24.0 Å². The number of thiocarbonyl (C=S) groups is 1. The number of aryl methyl sites for hydroxylation is 1. The van der Waals surface area contributed by atoms with Gasteiger partial charge in [0.05, 0.1) is 10.5 Å². The number of rotatable bonds is 11. The van der Waals surface area contributed by atoms with Gasteiger partial charge in [-0.25, -0.2) is 4.98 Å². The molecule has 0 aliphatic carbocycles. The second-order valence-corrected chi connectivity index (χ2v) is 9.51. The summed E-state index contributed by atoms with van der Waals surface area (Å²) in [6.45, 7) is 8.90. The molecule has 0 bridgehead atoms. The second-order valence-electron chi connectivity index (χ2n) is 7.83. The number of nitrogens with one attached hydrogen (secondary N) is 1. The molecule has 0 atom stereocenters. The number of pyridine rings is 1. The summed E-state index contributed by atoms with van der Waals surface area (Å²) in [6, 6.07) is 3.72. The van der Waals surface area contributed by atoms with E-state index >= 15 is 0 Å². The Morgan fingerprint density at radius 2 is 1.97 bits per heavy atom. The van der Waals surface area contributed by atoms with Gasteiger partial charge in [-0.05, 0) is 31.1 Å². The first kappa shape index (κ1) is 24.2. The predicted molar refractivity (Wildman–Crippen MR) is 138 cm³/mol. The third-order valence-corrected chi connectivity index (χ3v) is 6.76. The summed E-state index contributed by atoms with van der Waals surface area (Å²) >= 11 is 6.70. The van der Waals surface area contributed by atoms with E-state index in [0.29, 0.717) is 39.3 Å². The van der Waals surface area contributed by atoms with Crippen LogP contribution in [0.25, 0.3) is 11.7 Å². The van der Waals surface area contributed by atoms with Gasteiger partial charge in [0.1, 0.15) is 15.8 Å². The average Bonchev–Trinajstić information content (AvgIpc) is 3.04. The largest absolute Gasteiger partial charge is 0.366 e. The number of fused-ring (bicyclic) bond motifs is 1. The van der Waals surface area contributed by atoms with E-state index in [1.807, 2.05) is 19.1 Å². The number of hydrogen-bond acceptors (Lipinski definition) is 6. The van der Waals surface area contributed by atoms with Gasteiger partial charge in [-0.3, -0.25) is 18.9 Å². The lowest BCUT2D eigenvalue weighted by Crippen LogP contribution is -2.29. The number of carbonyl (C=O) groups excluding carboxylic acids is 1. The molecule has 1 amide bonds. The van der Waals surface area contributed by atoms with Gasteiger partial charge in [0.25, 0.3) is 11.5 Å². The molecular formula is C24H30N4O2S2. The molecule has 2 aromatic rings. The number of hydrogen-bond donors (Lipinski definition) is 1. The van der Waals surface area contributed by atoms with Crippen LogP contribution in [0, 0.1) is 6.92 Å². The number of anilines is 1. The van der Waals surface area contributed by atoms with Crippen molar-refractivity contribution in [3.8, 4) is 0 Å². The minimum Gasteiger partial charge on any atom is -0.366 e. The fourth-order valence-corrected chi connectivity index (χ4v) is 4.91. The lowest BCUT2D eigenvalue weighted by molar-refractivity contribution is -0.122. The maximum Gasteiger partial charge on any atom is 0.267 e. The van der Waals surface area contributed by atoms with Gasteiger partial charge >= 0.3 is 0 Å². The number of thioether (sulfide) groups is 1. The molecule has 1 fully saturated rings. The smallest absolute Gasteiger partial charge is 0.267 e. The zero-order valence-corrected chi connectivity index (χ0v) is 20.4. The Morgan fingerprint density at radius 1 is 1.22 bits per heavy atom. The van der Waals surface area contributed by atoms with Gasteiger partial charge < -0.3 is 5.32 Å². The Bertz CT molecular complexity index is 1110. The first-order valence-electron chi connectivity index (χ1n) is 11.1. The maximum absolute atomic E-state index is 13.3. The Kier molecular flexibility index (Phi) is 8.64. The minimum atomic E-state index is -0.230. The van der Waals surface area contributed by atoms with Crippen LogP contribution in [-0.2, 0) is 4.79 Å². The van der Waals surface area contributed by atoms with Crippen LogP contribution in [-0.4, -0.2) is 37.6 Å². The van der Waals surface area contributed by atoms with Crippen LogP contribution < -0.4 is 10.9 Å². The molecule has 0 unspecified atom stereocenters. The van der Waals surface area contributed by atoms with Gasteiger partial charge in [0, 0.05) is 19.3 Å². The number of unbranched alkanes of at least 4 members (excludes halogenated alkanes) is 5. The van der Waals surface area contributed by atoms with Crippen LogP contribution in [0.1, 0.15) is 56.6 Å². The first-order chi connectivity index (χ1) is 15.5. The monoisotopic (exact) mass is 470 g/mol. The molecule has 170 valence electrons. The minimum absolute atomic E-state index is 0.142. The van der Waals surface area contributed by atoms with Crippen LogP contribution in [0.4, 0.5) is 5.82 Å². The SMILES string of the molecule is C=CCNc1nc2c(C)cccn2c(=O)c1/C=C1/SC(=S)N(CCCCCCCC)C1=O. The Hall–Kier alpha value is -2.45. The molecule has 1 N–H and O–H groups in total. The topological polar surface area (TPSA) is 66.7 Å². The van der Waals surface area contributed by atoms with Crippen LogP contribution in [0.2, 0.25) is 0 Å². The van der Waals surface area contributed by atoms with Crippen molar-refractivity contribution in [1.29, 1.82) is 0 Å². The van der Waals surface area contributed by atoms with Crippen molar-refractivity contribution >= 4 is 51.7 Å². The molecule has 6 nitrogen and oxygen atoms in total. The molecule has 3 heterocycles. The summed E-state index contributed by atoms with van der Waals surface area (Å²) in [5.41, 5.74) is 1.58. The quantitative estimate of drug-likeness (QED) is 0.212. The molecule has 1 aliphatic heterocycles. The number of amides is 1. The van der Waals surface area contributed by atoms with Crippen molar-refractivity contribution in [2.24, 2.45) is 0 Å². The van der Waals surface area contributed by atoms with E-state index < -0.39 is 0 Å². The Labute approximate surface area is 198 Å². The summed E-state index contributed by atoms with van der Waals surface area (Å²) in [5, 5.41) is 3.14. The van der Waals surface area contributed by atoms with Crippen molar-refractivity contribution in [3.05, 3.63) is 57.4 Å². The Balaban J connectivity index is 1.87. The normalized spacial score (nSPS) is 15.2. The summed E-state index contributed by atoms with van der Waals surface area (Å²) in [4.78, 5) is 33.0. The summed E-state index contributed by atoms with van der Waals surface area (Å²) < 4.78 is 2.05. The van der Waals surface area contributed by atoms with Crippen LogP contribution in [0.15, 0.2) is 40.7 Å². The number of carbonyl (C=O) groups is 1. The van der Waals surface area contributed by atoms with Crippen LogP contribution in [0.3, 0.4) is 0 Å². The average molecular weight is 471 g/mol. The molecule has 0 spiro atoms. The molecule has 1 aliphatic rings. The van der Waals surface area contributed by atoms with E-state index in [1.54, 1.807) is 23.2 Å². The van der Waals surface area contributed by atoms with Gasteiger partial charge in [-0.2, -0.15) is 0 Å². The molecule has 1 saturated heterocycles. The van der Waals surface area contributed by atoms with Crippen molar-refractivity contribution in [2.75, 3.05) is 18.4 Å². The predicted octanol–water partition coefficient (Wildman–Crippen LogP) is 5.16. The van der Waals surface area contributed by atoms with E-state index in [9.17, 15) is 9.59 Å². The fraction of sp³-hybridized carbons (Fsp3) is 0.417. The maximum atomic E-state index is 13.3. The molecule has 0 radical (unpaired) electrons. The second kappa shape index (κ2) is 11.4. The molecular weight excluding hydrogens is 440 g/mol. The first-order valence-corrected chi connectivity index (χ1v) is 12.3. The zero-order chi connectivity index (χ0) is 23.1. The summed E-state index contributed by atoms with van der Waals surface area (Å²) in [6.07, 6.45) is 11.9. The highest BCUT2D eigenvalue weighted by molar-refractivity contribution is 8.26. The Morgan fingerprint density at radius 3 is 2.72 bits per heavy atom. The van der Waals surface area contributed by atoms with E-state index in [0.717, 1.165) is 18.4 Å². The van der Waals surface area contributed by atoms with Gasteiger partial charge in [0.15, 0.2) is 0 Å². The van der Waals surface area contributed by atoms with E-state index in [-0.39, 0.29) is 11.5 Å². The van der Waals surface area contributed by atoms with E-state index in [1.165, 1.54) is 41.8 Å². The lowest BCUT2D eigenvalue weighted by atomic mass is 10.1. The van der Waals surface area contributed by atoms with Crippen molar-refractivity contribution in [2.45, 2.75) is 52.4 Å². The highest BCUT2D eigenvalue weighted by Crippen LogP contribution is 2.33. The third-order valence-electron chi connectivity index (χ3n) is 5.38. The van der Waals surface area contributed by atoms with Gasteiger partial charge in [-0.15, -0.1) is 6.58 Å².